The first-order valence-corrected chi connectivity index (χ1v) is 10.6. The highest BCUT2D eigenvalue weighted by Crippen LogP contribution is 2.27. The normalized spacial score (nSPS) is 11.6. The van der Waals surface area contributed by atoms with Crippen molar-refractivity contribution in [2.24, 2.45) is 7.05 Å². The molecule has 0 radical (unpaired) electrons. The number of hydrogen-bond donors (Lipinski definition) is 2. The van der Waals surface area contributed by atoms with Gasteiger partial charge in [0.15, 0.2) is 5.78 Å². The third-order valence-corrected chi connectivity index (χ3v) is 6.37. The van der Waals surface area contributed by atoms with E-state index in [0.717, 1.165) is 6.07 Å². The minimum Gasteiger partial charge on any atom is -0.383 e. The summed E-state index contributed by atoms with van der Waals surface area (Å²) in [5, 5.41) is 0.427. The fourth-order valence-electron chi connectivity index (χ4n) is 3.36. The van der Waals surface area contributed by atoms with E-state index in [9.17, 15) is 17.6 Å². The van der Waals surface area contributed by atoms with Crippen molar-refractivity contribution in [1.82, 2.24) is 14.5 Å². The molecule has 4 aromatic rings. The molecule has 2 aromatic heterocycles. The fourth-order valence-corrected chi connectivity index (χ4v) is 4.67. The second-order valence-corrected chi connectivity index (χ2v) is 8.69. The Balaban J connectivity index is 1.71. The molecule has 0 aliphatic heterocycles. The van der Waals surface area contributed by atoms with Crippen LogP contribution in [0, 0.1) is 12.7 Å². The molecule has 0 fully saturated rings. The average Bonchev–Trinajstić information content (AvgIpc) is 3.07. The Labute approximate surface area is 177 Å². The summed E-state index contributed by atoms with van der Waals surface area (Å²) in [6.07, 6.45) is 2.92. The standard InChI is InChI=1S/C21H18FN5O3S/c1-12-6-7-14(22)9-17(12)31(29,30)26-15-5-3-4-13(8-15)19(28)16-10-27(2)21-18(16)20(23)24-11-25-21/h3-11,26H,1-2H3,(H2,23,24,25). The zero-order valence-corrected chi connectivity index (χ0v) is 17.4. The molecule has 10 heteroatoms. The van der Waals surface area contributed by atoms with Crippen LogP contribution in [0.4, 0.5) is 15.9 Å². The predicted octanol–water partition coefficient (Wildman–Crippen LogP) is 3.03. The number of hydrogen-bond acceptors (Lipinski definition) is 6. The van der Waals surface area contributed by atoms with E-state index in [4.69, 9.17) is 5.73 Å². The number of aromatic nitrogens is 3. The van der Waals surface area contributed by atoms with Gasteiger partial charge < -0.3 is 10.3 Å². The van der Waals surface area contributed by atoms with Gasteiger partial charge in [0.05, 0.1) is 15.8 Å². The van der Waals surface area contributed by atoms with Gasteiger partial charge in [0.2, 0.25) is 0 Å². The molecule has 2 heterocycles. The van der Waals surface area contributed by atoms with Gasteiger partial charge in [0, 0.05) is 24.5 Å². The molecule has 0 amide bonds. The molecule has 0 aliphatic rings. The number of carbonyl (C=O) groups is 1. The van der Waals surface area contributed by atoms with Gasteiger partial charge in [-0.2, -0.15) is 0 Å². The number of fused-ring (bicyclic) bond motifs is 1. The summed E-state index contributed by atoms with van der Waals surface area (Å²) < 4.78 is 43.1. The van der Waals surface area contributed by atoms with Crippen LogP contribution in [0.1, 0.15) is 21.5 Å². The lowest BCUT2D eigenvalue weighted by Gasteiger charge is -2.11. The van der Waals surface area contributed by atoms with Crippen molar-refractivity contribution < 1.29 is 17.6 Å². The molecule has 0 aliphatic carbocycles. The monoisotopic (exact) mass is 439 g/mol. The van der Waals surface area contributed by atoms with Gasteiger partial charge in [-0.15, -0.1) is 0 Å². The van der Waals surface area contributed by atoms with E-state index >= 15 is 0 Å². The number of ketones is 1. The van der Waals surface area contributed by atoms with Crippen LogP contribution >= 0.6 is 0 Å². The number of benzene rings is 2. The van der Waals surface area contributed by atoms with Crippen LogP contribution in [0.15, 0.2) is 59.9 Å². The van der Waals surface area contributed by atoms with Crippen LogP contribution in [-0.4, -0.2) is 28.7 Å². The van der Waals surface area contributed by atoms with Crippen molar-refractivity contribution in [3.63, 3.8) is 0 Å². The number of halogens is 1. The second-order valence-electron chi connectivity index (χ2n) is 7.04. The Kier molecular flexibility index (Phi) is 4.94. The number of carbonyl (C=O) groups excluding carboxylic acids is 1. The molecule has 0 spiro atoms. The van der Waals surface area contributed by atoms with Crippen LogP contribution in [0.2, 0.25) is 0 Å². The van der Waals surface area contributed by atoms with E-state index < -0.39 is 15.8 Å². The number of sulfonamides is 1. The van der Waals surface area contributed by atoms with Crippen molar-refractivity contribution in [2.75, 3.05) is 10.5 Å². The van der Waals surface area contributed by atoms with Crippen molar-refractivity contribution in [2.45, 2.75) is 11.8 Å². The van der Waals surface area contributed by atoms with E-state index in [-0.39, 0.29) is 27.7 Å². The van der Waals surface area contributed by atoms with Gasteiger partial charge in [-0.3, -0.25) is 9.52 Å². The van der Waals surface area contributed by atoms with E-state index in [1.165, 1.54) is 30.6 Å². The summed E-state index contributed by atoms with van der Waals surface area (Å²) in [7, 11) is -2.32. The summed E-state index contributed by atoms with van der Waals surface area (Å²) >= 11 is 0. The molecule has 0 saturated heterocycles. The van der Waals surface area contributed by atoms with E-state index in [0.29, 0.717) is 22.2 Å². The van der Waals surface area contributed by atoms with Gasteiger partial charge in [0.1, 0.15) is 23.6 Å². The molecule has 4 rings (SSSR count). The lowest BCUT2D eigenvalue weighted by atomic mass is 10.0. The topological polar surface area (TPSA) is 120 Å². The van der Waals surface area contributed by atoms with Crippen LogP contribution in [0.25, 0.3) is 11.0 Å². The van der Waals surface area contributed by atoms with Gasteiger partial charge >= 0.3 is 0 Å². The molecular weight excluding hydrogens is 421 g/mol. The van der Waals surface area contributed by atoms with Gasteiger partial charge in [0.25, 0.3) is 10.0 Å². The largest absolute Gasteiger partial charge is 0.383 e. The summed E-state index contributed by atoms with van der Waals surface area (Å²) in [6, 6.07) is 9.55. The first-order chi connectivity index (χ1) is 14.7. The molecule has 0 saturated carbocycles. The summed E-state index contributed by atoms with van der Waals surface area (Å²) in [5.41, 5.74) is 7.57. The van der Waals surface area contributed by atoms with Crippen LogP contribution < -0.4 is 10.5 Å². The van der Waals surface area contributed by atoms with Crippen molar-refractivity contribution in [1.29, 1.82) is 0 Å². The van der Waals surface area contributed by atoms with Crippen molar-refractivity contribution >= 4 is 38.3 Å². The fraction of sp³-hybridized carbons (Fsp3) is 0.0952. The predicted molar refractivity (Wildman–Crippen MR) is 115 cm³/mol. The smallest absolute Gasteiger partial charge is 0.262 e. The number of aryl methyl sites for hydroxylation is 2. The maximum absolute atomic E-state index is 13.6. The number of nitrogens with one attached hydrogen (secondary N) is 1. The summed E-state index contributed by atoms with van der Waals surface area (Å²) in [6.45, 7) is 1.57. The Hall–Kier alpha value is -3.79. The first-order valence-electron chi connectivity index (χ1n) is 9.16. The van der Waals surface area contributed by atoms with Crippen molar-refractivity contribution in [3.05, 3.63) is 77.5 Å². The number of nitrogen functional groups attached to an aromatic ring is 1. The Morgan fingerprint density at radius 3 is 2.71 bits per heavy atom. The van der Waals surface area contributed by atoms with E-state index in [1.54, 1.807) is 36.9 Å². The number of rotatable bonds is 5. The van der Waals surface area contributed by atoms with Crippen LogP contribution in [-0.2, 0) is 17.1 Å². The highest BCUT2D eigenvalue weighted by atomic mass is 32.2. The van der Waals surface area contributed by atoms with Gasteiger partial charge in [-0.25, -0.2) is 22.8 Å². The molecule has 8 nitrogen and oxygen atoms in total. The third kappa shape index (κ3) is 3.73. The molecule has 31 heavy (non-hydrogen) atoms. The highest BCUT2D eigenvalue weighted by Gasteiger charge is 2.21. The Morgan fingerprint density at radius 1 is 1.16 bits per heavy atom. The first kappa shape index (κ1) is 20.5. The van der Waals surface area contributed by atoms with Crippen molar-refractivity contribution in [3.8, 4) is 0 Å². The SMILES string of the molecule is Cc1ccc(F)cc1S(=O)(=O)Nc1cccc(C(=O)c2cn(C)c3ncnc(N)c23)c1. The van der Waals surface area contributed by atoms with E-state index in [1.807, 2.05) is 0 Å². The number of anilines is 2. The maximum atomic E-state index is 13.6. The Bertz CT molecular complexity index is 1450. The zero-order valence-electron chi connectivity index (χ0n) is 16.6. The molecular formula is C21H18FN5O3S. The zero-order chi connectivity index (χ0) is 22.3. The average molecular weight is 439 g/mol. The maximum Gasteiger partial charge on any atom is 0.262 e. The minimum absolute atomic E-state index is 0.166. The lowest BCUT2D eigenvalue weighted by molar-refractivity contribution is 0.104. The Morgan fingerprint density at radius 2 is 1.94 bits per heavy atom. The molecule has 0 unspecified atom stereocenters. The highest BCUT2D eigenvalue weighted by molar-refractivity contribution is 7.92. The quantitative estimate of drug-likeness (QED) is 0.461. The molecule has 2 aromatic carbocycles. The molecule has 158 valence electrons. The summed E-state index contributed by atoms with van der Waals surface area (Å²) in [4.78, 5) is 21.1. The van der Waals surface area contributed by atoms with Gasteiger partial charge in [-0.05, 0) is 36.8 Å². The van der Waals surface area contributed by atoms with Crippen LogP contribution in [0.5, 0.6) is 0 Å². The minimum atomic E-state index is -4.06. The van der Waals surface area contributed by atoms with Crippen LogP contribution in [0.3, 0.4) is 0 Å². The lowest BCUT2D eigenvalue weighted by Crippen LogP contribution is -2.15. The van der Waals surface area contributed by atoms with E-state index in [2.05, 4.69) is 14.7 Å². The van der Waals surface area contributed by atoms with Gasteiger partial charge in [-0.1, -0.05) is 18.2 Å². The number of nitrogens with zero attached hydrogens (tertiary/aromatic N) is 3. The molecule has 0 atom stereocenters. The molecule has 0 bridgehead atoms. The molecule has 3 N–H and O–H groups in total. The third-order valence-electron chi connectivity index (χ3n) is 4.84. The number of nitrogens with two attached hydrogens (primary N) is 1. The second kappa shape index (κ2) is 7.47. The summed E-state index contributed by atoms with van der Waals surface area (Å²) in [5.74, 6) is -0.854.